The number of cyclic esters (lactones) is 2. The molecule has 1 aliphatic heterocycles. The second kappa shape index (κ2) is 2.07. The maximum atomic E-state index is 11.4. The van der Waals surface area contributed by atoms with Crippen LogP contribution in [0.1, 0.15) is 0 Å². The number of rotatable bonds is 0. The first-order valence-corrected chi connectivity index (χ1v) is 4.55. The van der Waals surface area contributed by atoms with Crippen molar-refractivity contribution in [3.8, 4) is 0 Å². The summed E-state index contributed by atoms with van der Waals surface area (Å²) in [5.41, 5.74) is 10.8. The Kier molecular flexibility index (Phi) is 1.20. The Labute approximate surface area is 80.1 Å². The van der Waals surface area contributed by atoms with Crippen LogP contribution in [0.3, 0.4) is 0 Å². The average Bonchev–Trinajstić information content (AvgIpc) is 2.63. The third-order valence-electron chi connectivity index (χ3n) is 3.59. The molecule has 0 aromatic rings. The zero-order valence-electron chi connectivity index (χ0n) is 7.34. The monoisotopic (exact) mass is 194 g/mol. The fourth-order valence-electron chi connectivity index (χ4n) is 2.92. The quantitative estimate of drug-likeness (QED) is 0.217. The van der Waals surface area contributed by atoms with E-state index < -0.39 is 29.4 Å². The van der Waals surface area contributed by atoms with Gasteiger partial charge in [-0.15, -0.1) is 0 Å². The minimum Gasteiger partial charge on any atom is -0.393 e. The first-order chi connectivity index (χ1) is 6.53. The van der Waals surface area contributed by atoms with Crippen molar-refractivity contribution in [2.75, 3.05) is 0 Å². The van der Waals surface area contributed by atoms with Crippen molar-refractivity contribution in [3.63, 3.8) is 0 Å². The largest absolute Gasteiger partial charge is 0.393 e. The van der Waals surface area contributed by atoms with E-state index in [0.29, 0.717) is 0 Å². The van der Waals surface area contributed by atoms with Gasteiger partial charge in [0.15, 0.2) is 0 Å². The number of hydrogen-bond acceptors (Lipinski definition) is 5. The molecule has 0 radical (unpaired) electrons. The number of esters is 2. The van der Waals surface area contributed by atoms with E-state index >= 15 is 0 Å². The molecule has 4 N–H and O–H groups in total. The van der Waals surface area contributed by atoms with Gasteiger partial charge in [0, 0.05) is 11.8 Å². The molecule has 4 atom stereocenters. The highest BCUT2D eigenvalue weighted by Crippen LogP contribution is 2.54. The van der Waals surface area contributed by atoms with E-state index in [9.17, 15) is 9.59 Å². The minimum absolute atomic E-state index is 0.253. The molecule has 0 aromatic heterocycles. The SMILES string of the molecule is NC1(N)C2C=CC1C1C(=O)OC(=O)C12. The Balaban J connectivity index is 2.12. The molecule has 3 aliphatic rings. The fourth-order valence-corrected chi connectivity index (χ4v) is 2.92. The van der Waals surface area contributed by atoms with E-state index in [1.807, 2.05) is 12.2 Å². The van der Waals surface area contributed by atoms with Crippen molar-refractivity contribution < 1.29 is 14.3 Å². The summed E-state index contributed by atoms with van der Waals surface area (Å²) in [6, 6.07) is 0. The van der Waals surface area contributed by atoms with Gasteiger partial charge in [-0.3, -0.25) is 9.59 Å². The van der Waals surface area contributed by atoms with Crippen LogP contribution in [0.5, 0.6) is 0 Å². The Bertz CT molecular complexity index is 342. The lowest BCUT2D eigenvalue weighted by Gasteiger charge is -2.25. The van der Waals surface area contributed by atoms with E-state index in [4.69, 9.17) is 11.5 Å². The molecule has 1 saturated heterocycles. The topological polar surface area (TPSA) is 95.4 Å². The van der Waals surface area contributed by atoms with Gasteiger partial charge in [-0.05, 0) is 0 Å². The average molecular weight is 194 g/mol. The maximum absolute atomic E-state index is 11.4. The van der Waals surface area contributed by atoms with Crippen LogP contribution in [0, 0.1) is 23.7 Å². The molecule has 4 unspecified atom stereocenters. The van der Waals surface area contributed by atoms with Gasteiger partial charge in [0.1, 0.15) is 0 Å². The van der Waals surface area contributed by atoms with E-state index in [2.05, 4.69) is 4.74 Å². The second-order valence-corrected chi connectivity index (χ2v) is 4.23. The summed E-state index contributed by atoms with van der Waals surface area (Å²) in [7, 11) is 0. The molecule has 2 fully saturated rings. The molecule has 1 saturated carbocycles. The molecular formula is C9H10N2O3. The zero-order chi connectivity index (χ0) is 10.1. The van der Waals surface area contributed by atoms with Crippen molar-refractivity contribution in [3.05, 3.63) is 12.2 Å². The first-order valence-electron chi connectivity index (χ1n) is 4.55. The summed E-state index contributed by atoms with van der Waals surface area (Å²) < 4.78 is 4.57. The van der Waals surface area contributed by atoms with Crippen LogP contribution in [0.4, 0.5) is 0 Å². The molecule has 5 nitrogen and oxygen atoms in total. The van der Waals surface area contributed by atoms with Crippen molar-refractivity contribution in [1.29, 1.82) is 0 Å². The highest BCUT2D eigenvalue weighted by molar-refractivity contribution is 5.98. The van der Waals surface area contributed by atoms with Crippen molar-refractivity contribution in [2.24, 2.45) is 35.1 Å². The lowest BCUT2D eigenvalue weighted by Crippen LogP contribution is -2.56. The van der Waals surface area contributed by atoms with Crippen molar-refractivity contribution in [1.82, 2.24) is 0 Å². The standard InChI is InChI=1S/C9H10N2O3/c10-9(11)3-1-2-4(9)6-5(3)7(12)14-8(6)13/h1-6H,10-11H2. The van der Waals surface area contributed by atoms with Crippen molar-refractivity contribution in [2.45, 2.75) is 5.66 Å². The molecule has 0 amide bonds. The summed E-state index contributed by atoms with van der Waals surface area (Å²) in [6.07, 6.45) is 3.65. The van der Waals surface area contributed by atoms with E-state index in [1.165, 1.54) is 0 Å². The number of carbonyl (C=O) groups excluding carboxylic acids is 2. The van der Waals surface area contributed by atoms with Crippen LogP contribution >= 0.6 is 0 Å². The minimum atomic E-state index is -0.954. The summed E-state index contributed by atoms with van der Waals surface area (Å²) in [5.74, 6) is -2.36. The van der Waals surface area contributed by atoms with Gasteiger partial charge in [0.25, 0.3) is 0 Å². The molecule has 1 heterocycles. The van der Waals surface area contributed by atoms with Crippen LogP contribution in [0.25, 0.3) is 0 Å². The molecule has 5 heteroatoms. The molecule has 74 valence electrons. The summed E-state index contributed by atoms with van der Waals surface area (Å²) in [6.45, 7) is 0. The molecule has 0 aromatic carbocycles. The number of hydrogen-bond donors (Lipinski definition) is 2. The predicted octanol–water partition coefficient (Wildman–Crippen LogP) is -1.27. The third-order valence-corrected chi connectivity index (χ3v) is 3.59. The van der Waals surface area contributed by atoms with Gasteiger partial charge < -0.3 is 16.2 Å². The van der Waals surface area contributed by atoms with Gasteiger partial charge in [0.05, 0.1) is 17.5 Å². The molecule has 2 aliphatic carbocycles. The third kappa shape index (κ3) is 0.655. The van der Waals surface area contributed by atoms with Gasteiger partial charge in [-0.2, -0.15) is 0 Å². The highest BCUT2D eigenvalue weighted by atomic mass is 16.6. The molecule has 2 bridgehead atoms. The van der Waals surface area contributed by atoms with E-state index in [-0.39, 0.29) is 11.8 Å². The lowest BCUT2D eigenvalue weighted by atomic mass is 9.85. The predicted molar refractivity (Wildman–Crippen MR) is 45.3 cm³/mol. The number of fused-ring (bicyclic) bond motifs is 5. The molecule has 14 heavy (non-hydrogen) atoms. The maximum Gasteiger partial charge on any atom is 0.318 e. The van der Waals surface area contributed by atoms with Gasteiger partial charge in [-0.25, -0.2) is 0 Å². The van der Waals surface area contributed by atoms with Gasteiger partial charge in [0.2, 0.25) is 0 Å². The van der Waals surface area contributed by atoms with Crippen LogP contribution in [0.15, 0.2) is 12.2 Å². The smallest absolute Gasteiger partial charge is 0.318 e. The zero-order valence-corrected chi connectivity index (χ0v) is 7.34. The lowest BCUT2D eigenvalue weighted by molar-refractivity contribution is -0.155. The van der Waals surface area contributed by atoms with Crippen molar-refractivity contribution >= 4 is 11.9 Å². The van der Waals surface area contributed by atoms with E-state index in [1.54, 1.807) is 0 Å². The number of nitrogens with two attached hydrogens (primary N) is 2. The summed E-state index contributed by atoms with van der Waals surface area (Å²) >= 11 is 0. The molecule has 0 spiro atoms. The second-order valence-electron chi connectivity index (χ2n) is 4.23. The Morgan fingerprint density at radius 1 is 1.07 bits per heavy atom. The Morgan fingerprint density at radius 2 is 1.50 bits per heavy atom. The van der Waals surface area contributed by atoms with E-state index in [0.717, 1.165) is 0 Å². The molecule has 3 rings (SSSR count). The van der Waals surface area contributed by atoms with Gasteiger partial charge >= 0.3 is 11.9 Å². The summed E-state index contributed by atoms with van der Waals surface area (Å²) in [4.78, 5) is 22.7. The normalized spacial score (nSPS) is 47.0. The highest BCUT2D eigenvalue weighted by Gasteiger charge is 2.66. The Morgan fingerprint density at radius 3 is 1.93 bits per heavy atom. The van der Waals surface area contributed by atoms with Crippen LogP contribution in [-0.2, 0) is 14.3 Å². The molecular weight excluding hydrogens is 184 g/mol. The number of carbonyl (C=O) groups is 2. The van der Waals surface area contributed by atoms with Gasteiger partial charge in [-0.1, -0.05) is 12.2 Å². The summed E-state index contributed by atoms with van der Waals surface area (Å²) in [5, 5.41) is 0. The fraction of sp³-hybridized carbons (Fsp3) is 0.556. The first kappa shape index (κ1) is 8.14. The Hall–Kier alpha value is -1.20. The van der Waals surface area contributed by atoms with Crippen LogP contribution in [0.2, 0.25) is 0 Å². The van der Waals surface area contributed by atoms with Crippen LogP contribution in [-0.4, -0.2) is 17.6 Å². The van der Waals surface area contributed by atoms with Crippen LogP contribution < -0.4 is 11.5 Å². The number of ether oxygens (including phenoxy) is 1.